The van der Waals surface area contributed by atoms with Crippen LogP contribution in [0.1, 0.15) is 32.4 Å². The van der Waals surface area contributed by atoms with Gasteiger partial charge in [0, 0.05) is 29.9 Å². The van der Waals surface area contributed by atoms with Crippen LogP contribution in [-0.4, -0.2) is 30.7 Å². The minimum atomic E-state index is 0.189. The molecule has 0 atom stereocenters. The predicted molar refractivity (Wildman–Crippen MR) is 67.7 cm³/mol. The van der Waals surface area contributed by atoms with Gasteiger partial charge < -0.3 is 15.6 Å². The van der Waals surface area contributed by atoms with Gasteiger partial charge in [-0.25, -0.2) is 0 Å². The summed E-state index contributed by atoms with van der Waals surface area (Å²) in [6.07, 6.45) is 4.50. The Kier molecular flexibility index (Phi) is 3.66. The fourth-order valence-corrected chi connectivity index (χ4v) is 2.27. The maximum atomic E-state index is 3.69. The van der Waals surface area contributed by atoms with Crippen LogP contribution in [0.2, 0.25) is 0 Å². The Hall–Kier alpha value is -0.800. The van der Waals surface area contributed by atoms with E-state index in [1.807, 2.05) is 6.20 Å². The lowest BCUT2D eigenvalue weighted by atomic mass is 9.89. The predicted octanol–water partition coefficient (Wildman–Crippen LogP) is 1.63. The molecule has 0 unspecified atom stereocenters. The van der Waals surface area contributed by atoms with E-state index in [4.69, 9.17) is 0 Å². The summed E-state index contributed by atoms with van der Waals surface area (Å²) in [5.41, 5.74) is 1.50. The average Bonchev–Trinajstić information content (AvgIpc) is 2.82. The second-order valence-electron chi connectivity index (χ2n) is 5.37. The highest BCUT2D eigenvalue weighted by atomic mass is 15.0. The van der Waals surface area contributed by atoms with Crippen molar-refractivity contribution in [2.24, 2.45) is 0 Å². The minimum absolute atomic E-state index is 0.189. The van der Waals surface area contributed by atoms with Crippen LogP contribution >= 0.6 is 0 Å². The van der Waals surface area contributed by atoms with Crippen molar-refractivity contribution in [1.82, 2.24) is 15.6 Å². The molecule has 1 aromatic heterocycles. The van der Waals surface area contributed by atoms with Crippen molar-refractivity contribution in [3.8, 4) is 0 Å². The Bertz CT molecular complexity index is 297. The third-order valence-corrected chi connectivity index (χ3v) is 3.50. The lowest BCUT2D eigenvalue weighted by molar-refractivity contribution is 0.349. The molecule has 90 valence electrons. The monoisotopic (exact) mass is 221 g/mol. The summed E-state index contributed by atoms with van der Waals surface area (Å²) < 4.78 is 0. The van der Waals surface area contributed by atoms with Crippen molar-refractivity contribution in [2.75, 3.05) is 19.6 Å². The maximum Gasteiger partial charge on any atom is 0.0217 e. The Balaban J connectivity index is 1.84. The first kappa shape index (κ1) is 11.7. The number of rotatable bonds is 4. The van der Waals surface area contributed by atoms with Gasteiger partial charge in [-0.3, -0.25) is 0 Å². The van der Waals surface area contributed by atoms with Gasteiger partial charge in [-0.15, -0.1) is 0 Å². The number of piperidine rings is 1. The smallest absolute Gasteiger partial charge is 0.0217 e. The first-order valence-corrected chi connectivity index (χ1v) is 6.26. The number of aromatic nitrogens is 1. The van der Waals surface area contributed by atoms with E-state index < -0.39 is 0 Å². The normalized spacial score (nSPS) is 18.9. The summed E-state index contributed by atoms with van der Waals surface area (Å²) in [5.74, 6) is 0. The van der Waals surface area contributed by atoms with Crippen LogP contribution in [0.3, 0.4) is 0 Å². The quantitative estimate of drug-likeness (QED) is 0.723. The molecular formula is C13H23N3. The topological polar surface area (TPSA) is 39.8 Å². The number of hydrogen-bond donors (Lipinski definition) is 3. The molecule has 0 spiro atoms. The van der Waals surface area contributed by atoms with E-state index >= 15 is 0 Å². The molecule has 1 aromatic rings. The summed E-state index contributed by atoms with van der Waals surface area (Å²) in [5, 5.41) is 7.08. The van der Waals surface area contributed by atoms with Crippen LogP contribution in [0.5, 0.6) is 0 Å². The summed E-state index contributed by atoms with van der Waals surface area (Å²) >= 11 is 0. The van der Waals surface area contributed by atoms with Crippen LogP contribution in [0.25, 0.3) is 0 Å². The first-order valence-electron chi connectivity index (χ1n) is 6.26. The second kappa shape index (κ2) is 5.02. The number of nitrogens with one attached hydrogen (secondary N) is 3. The molecule has 1 aliphatic rings. The van der Waals surface area contributed by atoms with Gasteiger partial charge in [0.25, 0.3) is 0 Å². The molecule has 0 bridgehead atoms. The van der Waals surface area contributed by atoms with Crippen LogP contribution in [0, 0.1) is 0 Å². The van der Waals surface area contributed by atoms with E-state index in [9.17, 15) is 0 Å². The summed E-state index contributed by atoms with van der Waals surface area (Å²) in [7, 11) is 0. The Morgan fingerprint density at radius 1 is 1.38 bits per heavy atom. The van der Waals surface area contributed by atoms with Crippen molar-refractivity contribution in [3.05, 3.63) is 24.0 Å². The van der Waals surface area contributed by atoms with Gasteiger partial charge in [-0.1, -0.05) is 13.8 Å². The van der Waals surface area contributed by atoms with E-state index in [-0.39, 0.29) is 5.41 Å². The van der Waals surface area contributed by atoms with Gasteiger partial charge in [0.2, 0.25) is 0 Å². The van der Waals surface area contributed by atoms with E-state index in [0.717, 1.165) is 19.6 Å². The number of H-pyrrole nitrogens is 1. The molecule has 0 amide bonds. The Morgan fingerprint density at radius 3 is 2.75 bits per heavy atom. The molecule has 3 nitrogen and oxygen atoms in total. The molecule has 0 aromatic carbocycles. The molecule has 2 heterocycles. The largest absolute Gasteiger partial charge is 0.365 e. The molecule has 0 saturated carbocycles. The lowest BCUT2D eigenvalue weighted by Gasteiger charge is -2.30. The highest BCUT2D eigenvalue weighted by Gasteiger charge is 2.23. The molecule has 16 heavy (non-hydrogen) atoms. The third-order valence-electron chi connectivity index (χ3n) is 3.50. The van der Waals surface area contributed by atoms with Crippen molar-refractivity contribution < 1.29 is 0 Å². The first-order chi connectivity index (χ1) is 7.68. The van der Waals surface area contributed by atoms with Crippen LogP contribution < -0.4 is 10.6 Å². The standard InChI is InChI=1S/C13H23N3/c1-13(2,12-4-3-7-15-12)10-16-11-5-8-14-9-6-11/h3-4,7,11,14-16H,5-6,8-10H2,1-2H3. The minimum Gasteiger partial charge on any atom is -0.365 e. The van der Waals surface area contributed by atoms with Gasteiger partial charge in [-0.05, 0) is 38.1 Å². The molecule has 1 saturated heterocycles. The summed E-state index contributed by atoms with van der Waals surface area (Å²) in [4.78, 5) is 3.31. The average molecular weight is 221 g/mol. The zero-order valence-corrected chi connectivity index (χ0v) is 10.3. The van der Waals surface area contributed by atoms with Gasteiger partial charge in [-0.2, -0.15) is 0 Å². The third kappa shape index (κ3) is 2.86. The van der Waals surface area contributed by atoms with Gasteiger partial charge in [0.05, 0.1) is 0 Å². The van der Waals surface area contributed by atoms with E-state index in [0.29, 0.717) is 6.04 Å². The van der Waals surface area contributed by atoms with Crippen molar-refractivity contribution in [3.63, 3.8) is 0 Å². The summed E-state index contributed by atoms with van der Waals surface area (Å²) in [6, 6.07) is 4.93. The van der Waals surface area contributed by atoms with E-state index in [1.54, 1.807) is 0 Å². The number of hydrogen-bond acceptors (Lipinski definition) is 2. The summed E-state index contributed by atoms with van der Waals surface area (Å²) in [6.45, 7) is 7.92. The number of aromatic amines is 1. The van der Waals surface area contributed by atoms with Crippen LogP contribution in [0.15, 0.2) is 18.3 Å². The fraction of sp³-hybridized carbons (Fsp3) is 0.692. The van der Waals surface area contributed by atoms with Crippen molar-refractivity contribution >= 4 is 0 Å². The van der Waals surface area contributed by atoms with Crippen molar-refractivity contribution in [1.29, 1.82) is 0 Å². The Morgan fingerprint density at radius 2 is 2.12 bits per heavy atom. The van der Waals surface area contributed by atoms with E-state index in [2.05, 4.69) is 41.6 Å². The van der Waals surface area contributed by atoms with Crippen LogP contribution in [-0.2, 0) is 5.41 Å². The Labute approximate surface area is 98.0 Å². The molecule has 0 radical (unpaired) electrons. The molecular weight excluding hydrogens is 198 g/mol. The molecule has 1 fully saturated rings. The molecule has 1 aliphatic heterocycles. The maximum absolute atomic E-state index is 3.69. The molecule has 2 rings (SSSR count). The van der Waals surface area contributed by atoms with Gasteiger partial charge in [0.15, 0.2) is 0 Å². The fourth-order valence-electron chi connectivity index (χ4n) is 2.27. The van der Waals surface area contributed by atoms with Gasteiger partial charge >= 0.3 is 0 Å². The van der Waals surface area contributed by atoms with Crippen LogP contribution in [0.4, 0.5) is 0 Å². The SMILES string of the molecule is CC(C)(CNC1CCNCC1)c1ccc[nH]1. The van der Waals surface area contributed by atoms with E-state index in [1.165, 1.54) is 18.5 Å². The highest BCUT2D eigenvalue weighted by molar-refractivity contribution is 5.15. The zero-order chi connectivity index (χ0) is 11.4. The molecule has 0 aliphatic carbocycles. The molecule has 3 heteroatoms. The zero-order valence-electron chi connectivity index (χ0n) is 10.3. The second-order valence-corrected chi connectivity index (χ2v) is 5.37. The highest BCUT2D eigenvalue weighted by Crippen LogP contribution is 2.20. The molecule has 3 N–H and O–H groups in total. The van der Waals surface area contributed by atoms with Gasteiger partial charge in [0.1, 0.15) is 0 Å². The van der Waals surface area contributed by atoms with Crippen molar-refractivity contribution in [2.45, 2.75) is 38.1 Å². The lowest BCUT2D eigenvalue weighted by Crippen LogP contribution is -2.44.